The average Bonchev–Trinajstić information content (AvgIpc) is 2.43. The Labute approximate surface area is 126 Å². The van der Waals surface area contributed by atoms with Gasteiger partial charge in [0, 0.05) is 12.1 Å². The summed E-state index contributed by atoms with van der Waals surface area (Å²) in [5, 5.41) is 3.25. The van der Waals surface area contributed by atoms with Gasteiger partial charge in [-0.25, -0.2) is 14.4 Å². The quantitative estimate of drug-likeness (QED) is 0.893. The fourth-order valence-electron chi connectivity index (χ4n) is 1.78. The Morgan fingerprint density at radius 1 is 1.25 bits per heavy atom. The number of halogens is 2. The number of hydrogen-bond donors (Lipinski definition) is 1. The predicted octanol–water partition coefficient (Wildman–Crippen LogP) is 4.48. The van der Waals surface area contributed by atoms with E-state index in [2.05, 4.69) is 38.1 Å². The van der Waals surface area contributed by atoms with Crippen molar-refractivity contribution in [1.29, 1.82) is 0 Å². The highest BCUT2D eigenvalue weighted by molar-refractivity contribution is 9.10. The van der Waals surface area contributed by atoms with Gasteiger partial charge in [0.15, 0.2) is 5.82 Å². The zero-order valence-electron chi connectivity index (χ0n) is 11.8. The second kappa shape index (κ2) is 6.31. The first kappa shape index (κ1) is 14.9. The molecule has 0 spiro atoms. The summed E-state index contributed by atoms with van der Waals surface area (Å²) in [6.45, 7) is 6.56. The minimum atomic E-state index is -0.241. The molecule has 1 heterocycles. The van der Waals surface area contributed by atoms with Crippen LogP contribution in [0.4, 0.5) is 10.2 Å². The van der Waals surface area contributed by atoms with Gasteiger partial charge in [0.05, 0.1) is 10.2 Å². The van der Waals surface area contributed by atoms with Crippen LogP contribution in [-0.2, 0) is 0 Å². The zero-order chi connectivity index (χ0) is 14.7. The van der Waals surface area contributed by atoms with Crippen LogP contribution in [0, 0.1) is 19.7 Å². The molecule has 106 valence electrons. The third-order valence-electron chi connectivity index (χ3n) is 2.99. The van der Waals surface area contributed by atoms with Crippen LogP contribution in [0.25, 0.3) is 11.4 Å². The summed E-state index contributed by atoms with van der Waals surface area (Å²) in [4.78, 5) is 8.89. The lowest BCUT2D eigenvalue weighted by Gasteiger charge is -2.11. The number of anilines is 1. The first-order chi connectivity index (χ1) is 9.52. The Hall–Kier alpha value is -1.49. The molecule has 0 fully saturated rings. The fourth-order valence-corrected chi connectivity index (χ4v) is 2.10. The van der Waals surface area contributed by atoms with Gasteiger partial charge in [-0.3, -0.25) is 0 Å². The topological polar surface area (TPSA) is 37.8 Å². The van der Waals surface area contributed by atoms with Crippen LogP contribution in [-0.4, -0.2) is 16.5 Å². The average molecular weight is 338 g/mol. The molecule has 0 aliphatic carbocycles. The lowest BCUT2D eigenvalue weighted by Crippen LogP contribution is -2.06. The number of nitrogens with one attached hydrogen (secondary N) is 1. The number of benzene rings is 1. The van der Waals surface area contributed by atoms with Gasteiger partial charge in [-0.15, -0.1) is 0 Å². The summed E-state index contributed by atoms with van der Waals surface area (Å²) in [7, 11) is 0. The number of rotatable bonds is 4. The van der Waals surface area contributed by atoms with E-state index < -0.39 is 0 Å². The highest BCUT2D eigenvalue weighted by atomic mass is 79.9. The van der Waals surface area contributed by atoms with Gasteiger partial charge in [0.2, 0.25) is 0 Å². The first-order valence-corrected chi connectivity index (χ1v) is 7.36. The molecule has 1 aromatic heterocycles. The summed E-state index contributed by atoms with van der Waals surface area (Å²) in [5.74, 6) is 1.04. The molecule has 0 radical (unpaired) electrons. The molecule has 3 nitrogen and oxygen atoms in total. The molecular weight excluding hydrogens is 321 g/mol. The standard InChI is InChI=1S/C15H17BrFN3/c1-4-7-18-15-13(16)10(3)19-14(20-15)11-6-5-9(2)12(17)8-11/h5-6,8H,4,7H2,1-3H3,(H,18,19,20). The molecule has 0 bridgehead atoms. The second-order valence-electron chi connectivity index (χ2n) is 4.69. The van der Waals surface area contributed by atoms with Crippen LogP contribution < -0.4 is 5.32 Å². The summed E-state index contributed by atoms with van der Waals surface area (Å²) < 4.78 is 14.5. The van der Waals surface area contributed by atoms with Crippen molar-refractivity contribution in [2.45, 2.75) is 27.2 Å². The summed E-state index contributed by atoms with van der Waals surface area (Å²) in [6, 6.07) is 5.05. The van der Waals surface area contributed by atoms with Crippen LogP contribution in [0.15, 0.2) is 22.7 Å². The molecule has 2 aromatic rings. The van der Waals surface area contributed by atoms with Gasteiger partial charge in [-0.2, -0.15) is 0 Å². The molecule has 20 heavy (non-hydrogen) atoms. The Bertz CT molecular complexity index is 629. The van der Waals surface area contributed by atoms with E-state index >= 15 is 0 Å². The van der Waals surface area contributed by atoms with E-state index in [0.717, 1.165) is 29.0 Å². The Kier molecular flexibility index (Phi) is 4.70. The normalized spacial score (nSPS) is 10.7. The lowest BCUT2D eigenvalue weighted by atomic mass is 10.1. The fraction of sp³-hybridized carbons (Fsp3) is 0.333. The van der Waals surface area contributed by atoms with Crippen LogP contribution in [0.2, 0.25) is 0 Å². The Morgan fingerprint density at radius 3 is 2.65 bits per heavy atom. The minimum Gasteiger partial charge on any atom is -0.369 e. The smallest absolute Gasteiger partial charge is 0.161 e. The molecular formula is C15H17BrFN3. The molecule has 1 aromatic carbocycles. The monoisotopic (exact) mass is 337 g/mol. The highest BCUT2D eigenvalue weighted by Gasteiger charge is 2.11. The van der Waals surface area contributed by atoms with E-state index in [1.165, 1.54) is 6.07 Å². The van der Waals surface area contributed by atoms with E-state index in [-0.39, 0.29) is 5.82 Å². The van der Waals surface area contributed by atoms with Gasteiger partial charge in [0.1, 0.15) is 11.6 Å². The van der Waals surface area contributed by atoms with Gasteiger partial charge < -0.3 is 5.32 Å². The number of hydrogen-bond acceptors (Lipinski definition) is 3. The van der Waals surface area contributed by atoms with Crippen molar-refractivity contribution in [3.63, 3.8) is 0 Å². The minimum absolute atomic E-state index is 0.241. The maximum Gasteiger partial charge on any atom is 0.161 e. The summed E-state index contributed by atoms with van der Waals surface area (Å²) in [6.07, 6.45) is 1.00. The lowest BCUT2D eigenvalue weighted by molar-refractivity contribution is 0.619. The van der Waals surface area contributed by atoms with Gasteiger partial charge in [0.25, 0.3) is 0 Å². The van der Waals surface area contributed by atoms with Crippen molar-refractivity contribution in [2.24, 2.45) is 0 Å². The van der Waals surface area contributed by atoms with Crippen molar-refractivity contribution >= 4 is 21.7 Å². The molecule has 0 unspecified atom stereocenters. The Morgan fingerprint density at radius 2 is 2.00 bits per heavy atom. The predicted molar refractivity (Wildman–Crippen MR) is 83.4 cm³/mol. The number of aryl methyl sites for hydroxylation is 2. The highest BCUT2D eigenvalue weighted by Crippen LogP contribution is 2.27. The second-order valence-corrected chi connectivity index (χ2v) is 5.48. The SMILES string of the molecule is CCCNc1nc(-c2ccc(C)c(F)c2)nc(C)c1Br. The first-order valence-electron chi connectivity index (χ1n) is 6.57. The maximum absolute atomic E-state index is 13.7. The summed E-state index contributed by atoms with van der Waals surface area (Å²) >= 11 is 3.48. The molecule has 0 amide bonds. The third kappa shape index (κ3) is 3.15. The molecule has 0 aliphatic rings. The molecule has 1 N–H and O–H groups in total. The van der Waals surface area contributed by atoms with Gasteiger partial charge in [-0.1, -0.05) is 19.1 Å². The van der Waals surface area contributed by atoms with E-state index in [0.29, 0.717) is 17.0 Å². The Balaban J connectivity index is 2.45. The van der Waals surface area contributed by atoms with Gasteiger partial charge >= 0.3 is 0 Å². The summed E-state index contributed by atoms with van der Waals surface area (Å²) in [5.41, 5.74) is 2.13. The molecule has 0 saturated carbocycles. The molecule has 0 atom stereocenters. The van der Waals surface area contributed by atoms with E-state index in [1.54, 1.807) is 13.0 Å². The number of nitrogens with zero attached hydrogens (tertiary/aromatic N) is 2. The molecule has 0 aliphatic heterocycles. The molecule has 2 rings (SSSR count). The zero-order valence-corrected chi connectivity index (χ0v) is 13.4. The van der Waals surface area contributed by atoms with Crippen molar-refractivity contribution in [3.8, 4) is 11.4 Å². The molecule has 5 heteroatoms. The van der Waals surface area contributed by atoms with Gasteiger partial charge in [-0.05, 0) is 47.8 Å². The van der Waals surface area contributed by atoms with E-state index in [1.807, 2.05) is 13.0 Å². The van der Waals surface area contributed by atoms with Crippen molar-refractivity contribution in [3.05, 3.63) is 39.7 Å². The van der Waals surface area contributed by atoms with Crippen molar-refractivity contribution in [2.75, 3.05) is 11.9 Å². The van der Waals surface area contributed by atoms with Crippen LogP contribution in [0.3, 0.4) is 0 Å². The maximum atomic E-state index is 13.7. The van der Waals surface area contributed by atoms with Crippen LogP contribution >= 0.6 is 15.9 Å². The number of aromatic nitrogens is 2. The van der Waals surface area contributed by atoms with Crippen molar-refractivity contribution < 1.29 is 4.39 Å². The third-order valence-corrected chi connectivity index (χ3v) is 3.94. The van der Waals surface area contributed by atoms with E-state index in [4.69, 9.17) is 0 Å². The van der Waals surface area contributed by atoms with Crippen LogP contribution in [0.1, 0.15) is 24.6 Å². The largest absolute Gasteiger partial charge is 0.369 e. The van der Waals surface area contributed by atoms with Crippen molar-refractivity contribution in [1.82, 2.24) is 9.97 Å². The van der Waals surface area contributed by atoms with Crippen LogP contribution in [0.5, 0.6) is 0 Å². The molecule has 0 saturated heterocycles. The van der Waals surface area contributed by atoms with E-state index in [9.17, 15) is 4.39 Å².